The molecule has 0 bridgehead atoms. The predicted octanol–water partition coefficient (Wildman–Crippen LogP) is 9.47. The number of allylic oxidation sites excluding steroid dienone is 2. The van der Waals surface area contributed by atoms with E-state index in [4.69, 9.17) is 0 Å². The minimum atomic E-state index is 0.166. The van der Waals surface area contributed by atoms with Crippen LogP contribution in [-0.2, 0) is 6.42 Å². The number of phenolic OH excluding ortho intramolecular Hbond substituents is 2. The van der Waals surface area contributed by atoms with Gasteiger partial charge in [0.1, 0.15) is 11.5 Å². The fraction of sp³-hybridized carbons (Fsp3) is 0.579. The first-order chi connectivity index (χ1) is 19.9. The Balaban J connectivity index is 1.86. The quantitative estimate of drug-likeness (QED) is 0.133. The lowest BCUT2D eigenvalue weighted by atomic mass is 9.75. The maximum absolute atomic E-state index is 10.2. The summed E-state index contributed by atoms with van der Waals surface area (Å²) in [5.41, 5.74) is 7.94. The molecule has 2 aromatic carbocycles. The zero-order valence-corrected chi connectivity index (χ0v) is 28.2. The molecule has 0 saturated carbocycles. The first kappa shape index (κ1) is 35.6. The highest BCUT2D eigenvalue weighted by molar-refractivity contribution is 5.70. The molecule has 1 unspecified atom stereocenters. The van der Waals surface area contributed by atoms with E-state index in [-0.39, 0.29) is 10.8 Å². The average molecular weight is 577 g/mol. The summed E-state index contributed by atoms with van der Waals surface area (Å²) in [4.78, 5) is 0. The van der Waals surface area contributed by atoms with Crippen LogP contribution in [0.25, 0.3) is 11.1 Å². The van der Waals surface area contributed by atoms with Gasteiger partial charge in [-0.05, 0) is 133 Å². The highest BCUT2D eigenvalue weighted by Gasteiger charge is 2.28. The largest absolute Gasteiger partial charge is 0.508 e. The second-order valence-corrected chi connectivity index (χ2v) is 13.7. The van der Waals surface area contributed by atoms with E-state index in [1.807, 2.05) is 18.2 Å². The molecule has 1 atom stereocenters. The fourth-order valence-corrected chi connectivity index (χ4v) is 6.41. The third-order valence-corrected chi connectivity index (χ3v) is 8.49. The van der Waals surface area contributed by atoms with E-state index in [2.05, 4.69) is 97.2 Å². The molecule has 0 aromatic heterocycles. The van der Waals surface area contributed by atoms with Gasteiger partial charge in [0.25, 0.3) is 0 Å². The Hall–Kier alpha value is -2.56. The van der Waals surface area contributed by atoms with Crippen LogP contribution in [0.4, 0.5) is 0 Å². The Bertz CT molecular complexity index is 1180. The molecule has 0 aliphatic heterocycles. The number of hydrogen-bond donors (Lipinski definition) is 4. The summed E-state index contributed by atoms with van der Waals surface area (Å²) in [7, 11) is 0. The van der Waals surface area contributed by atoms with Crippen LogP contribution in [0.2, 0.25) is 0 Å². The Morgan fingerprint density at radius 2 is 1.29 bits per heavy atom. The molecule has 0 aliphatic carbocycles. The molecule has 0 aliphatic rings. The topological polar surface area (TPSA) is 64.5 Å². The highest BCUT2D eigenvalue weighted by Crippen LogP contribution is 2.34. The number of phenols is 2. The van der Waals surface area contributed by atoms with Gasteiger partial charge < -0.3 is 20.8 Å². The molecule has 0 radical (unpaired) electrons. The van der Waals surface area contributed by atoms with Crippen LogP contribution in [0.15, 0.2) is 48.6 Å². The van der Waals surface area contributed by atoms with Crippen molar-refractivity contribution in [1.29, 1.82) is 0 Å². The normalized spacial score (nSPS) is 13.9. The van der Waals surface area contributed by atoms with Crippen molar-refractivity contribution in [2.45, 2.75) is 107 Å². The maximum Gasteiger partial charge on any atom is 0.116 e. The lowest BCUT2D eigenvalue weighted by molar-refractivity contribution is 0.185. The standard InChI is InChI=1S/C38H60N2O2/c1-10-14-31-15-16-32(41)23-35(31)29(12-3)19-21-39-26-37(6,7)25-38(8,9)27-40-22-20-30(13-4)36-24-33(42)17-18-34(36)28(5)11-2/h12-13,15-18,23-24,28,39-42H,10-11,14,19-22,25-27H2,1-9H3/b29-12-,30-13-. The van der Waals surface area contributed by atoms with E-state index < -0.39 is 0 Å². The fourth-order valence-electron chi connectivity index (χ4n) is 6.41. The van der Waals surface area contributed by atoms with E-state index >= 15 is 0 Å². The number of benzene rings is 2. The van der Waals surface area contributed by atoms with Crippen molar-refractivity contribution in [3.05, 3.63) is 70.8 Å². The lowest BCUT2D eigenvalue weighted by Crippen LogP contribution is -2.38. The molecule has 0 amide bonds. The predicted molar refractivity (Wildman–Crippen MR) is 183 cm³/mol. The van der Waals surface area contributed by atoms with Gasteiger partial charge in [0.2, 0.25) is 0 Å². The van der Waals surface area contributed by atoms with Crippen LogP contribution >= 0.6 is 0 Å². The van der Waals surface area contributed by atoms with Gasteiger partial charge in [0.15, 0.2) is 0 Å². The molecule has 4 nitrogen and oxygen atoms in total. The summed E-state index contributed by atoms with van der Waals surface area (Å²) in [5, 5.41) is 27.7. The zero-order valence-electron chi connectivity index (χ0n) is 28.2. The van der Waals surface area contributed by atoms with E-state index in [0.29, 0.717) is 17.4 Å². The minimum Gasteiger partial charge on any atom is -0.508 e. The number of aromatic hydroxyl groups is 2. The van der Waals surface area contributed by atoms with Crippen molar-refractivity contribution in [2.75, 3.05) is 26.2 Å². The number of aryl methyl sites for hydroxylation is 1. The van der Waals surface area contributed by atoms with Crippen molar-refractivity contribution < 1.29 is 10.2 Å². The molecular formula is C38H60N2O2. The molecule has 2 rings (SSSR count). The summed E-state index contributed by atoms with van der Waals surface area (Å²) >= 11 is 0. The number of hydrogen-bond acceptors (Lipinski definition) is 4. The van der Waals surface area contributed by atoms with E-state index in [1.165, 1.54) is 33.4 Å². The van der Waals surface area contributed by atoms with Crippen molar-refractivity contribution in [3.63, 3.8) is 0 Å². The van der Waals surface area contributed by atoms with Gasteiger partial charge >= 0.3 is 0 Å². The Kier molecular flexibility index (Phi) is 14.4. The summed E-state index contributed by atoms with van der Waals surface area (Å²) in [6.07, 6.45) is 10.6. The molecule has 4 N–H and O–H groups in total. The Labute approximate surface area is 257 Å². The van der Waals surface area contributed by atoms with Crippen LogP contribution in [0.1, 0.15) is 123 Å². The van der Waals surface area contributed by atoms with Gasteiger partial charge in [-0.1, -0.05) is 79.2 Å². The molecule has 2 aromatic rings. The highest BCUT2D eigenvalue weighted by atomic mass is 16.3. The Morgan fingerprint density at radius 1 is 0.786 bits per heavy atom. The summed E-state index contributed by atoms with van der Waals surface area (Å²) in [6.45, 7) is 24.1. The summed E-state index contributed by atoms with van der Waals surface area (Å²) < 4.78 is 0. The van der Waals surface area contributed by atoms with E-state index in [1.54, 1.807) is 6.07 Å². The van der Waals surface area contributed by atoms with Crippen LogP contribution in [0.3, 0.4) is 0 Å². The van der Waals surface area contributed by atoms with Gasteiger partial charge in [-0.3, -0.25) is 0 Å². The minimum absolute atomic E-state index is 0.166. The van der Waals surface area contributed by atoms with Crippen LogP contribution in [-0.4, -0.2) is 36.4 Å². The molecule has 234 valence electrons. The molecule has 0 heterocycles. The smallest absolute Gasteiger partial charge is 0.116 e. The van der Waals surface area contributed by atoms with E-state index in [0.717, 1.165) is 64.7 Å². The monoisotopic (exact) mass is 576 g/mol. The van der Waals surface area contributed by atoms with Gasteiger partial charge in [0, 0.05) is 13.1 Å². The third kappa shape index (κ3) is 11.3. The van der Waals surface area contributed by atoms with Gasteiger partial charge in [-0.15, -0.1) is 0 Å². The Morgan fingerprint density at radius 3 is 1.79 bits per heavy atom. The first-order valence-corrected chi connectivity index (χ1v) is 16.2. The second-order valence-electron chi connectivity index (χ2n) is 13.7. The number of nitrogens with one attached hydrogen (secondary N) is 2. The molecule has 0 saturated heterocycles. The van der Waals surface area contributed by atoms with Crippen LogP contribution < -0.4 is 10.6 Å². The van der Waals surface area contributed by atoms with Crippen molar-refractivity contribution >= 4 is 11.1 Å². The molecule has 0 spiro atoms. The van der Waals surface area contributed by atoms with Crippen LogP contribution in [0, 0.1) is 10.8 Å². The number of rotatable bonds is 18. The summed E-state index contributed by atoms with van der Waals surface area (Å²) in [5.74, 6) is 1.14. The maximum atomic E-state index is 10.2. The molecular weight excluding hydrogens is 516 g/mol. The molecule has 42 heavy (non-hydrogen) atoms. The zero-order chi connectivity index (χ0) is 31.3. The SMILES string of the molecule is C/C=C(/CCNCC(C)(C)CC(C)(C)CNCC/C(=C/C)c1cc(O)ccc1C(C)CC)c1cc(O)ccc1CCC. The first-order valence-electron chi connectivity index (χ1n) is 16.2. The van der Waals surface area contributed by atoms with Crippen molar-refractivity contribution in [2.24, 2.45) is 10.8 Å². The van der Waals surface area contributed by atoms with E-state index in [9.17, 15) is 10.2 Å². The van der Waals surface area contributed by atoms with Gasteiger partial charge in [0.05, 0.1) is 0 Å². The average Bonchev–Trinajstić information content (AvgIpc) is 2.93. The van der Waals surface area contributed by atoms with Gasteiger partial charge in [-0.25, -0.2) is 0 Å². The van der Waals surface area contributed by atoms with Crippen molar-refractivity contribution in [1.82, 2.24) is 10.6 Å². The molecule has 4 heteroatoms. The second kappa shape index (κ2) is 16.9. The van der Waals surface area contributed by atoms with Gasteiger partial charge in [-0.2, -0.15) is 0 Å². The summed E-state index contributed by atoms with van der Waals surface area (Å²) in [6, 6.07) is 11.6. The lowest BCUT2D eigenvalue weighted by Gasteiger charge is -2.35. The third-order valence-electron chi connectivity index (χ3n) is 8.49. The van der Waals surface area contributed by atoms with Crippen LogP contribution in [0.5, 0.6) is 11.5 Å². The molecule has 0 fully saturated rings. The van der Waals surface area contributed by atoms with Crippen molar-refractivity contribution in [3.8, 4) is 11.5 Å².